The molecule has 2 rings (SSSR count). The molecule has 6 heteroatoms. The maximum absolute atomic E-state index is 12.0. The van der Waals surface area contributed by atoms with Gasteiger partial charge >= 0.3 is 0 Å². The fourth-order valence-corrected chi connectivity index (χ4v) is 2.93. The summed E-state index contributed by atoms with van der Waals surface area (Å²) in [5.74, 6) is -0.141. The van der Waals surface area contributed by atoms with E-state index in [1.165, 1.54) is 6.21 Å². The summed E-state index contributed by atoms with van der Waals surface area (Å²) in [5.41, 5.74) is 4.69. The van der Waals surface area contributed by atoms with Crippen LogP contribution in [0.2, 0.25) is 0 Å². The monoisotopic (exact) mass is 410 g/mol. The van der Waals surface area contributed by atoms with Crippen molar-refractivity contribution in [2.24, 2.45) is 5.10 Å². The number of phenols is 1. The molecular weight excluding hydrogens is 400 g/mol. The van der Waals surface area contributed by atoms with E-state index < -0.39 is 0 Å². The lowest BCUT2D eigenvalue weighted by molar-refractivity contribution is 0.0954. The zero-order valence-electron chi connectivity index (χ0n) is 11.1. The van der Waals surface area contributed by atoms with Crippen molar-refractivity contribution in [3.05, 3.63) is 62.0 Å². The first kappa shape index (κ1) is 15.7. The lowest BCUT2D eigenvalue weighted by atomic mass is 10.1. The number of halogens is 2. The van der Waals surface area contributed by atoms with Crippen molar-refractivity contribution in [3.8, 4) is 5.75 Å². The minimum Gasteiger partial charge on any atom is -0.506 e. The molecule has 0 atom stereocenters. The summed E-state index contributed by atoms with van der Waals surface area (Å²) in [4.78, 5) is 12.0. The standard InChI is InChI=1S/C15H12Br2N2O2/c1-9-4-2-3-5-11(9)15(21)19-18-8-10-6-12(16)14(20)13(17)7-10/h2-8,20H,1H3,(H,19,21)/b18-8+. The number of hydrogen-bond acceptors (Lipinski definition) is 3. The van der Waals surface area contributed by atoms with Crippen LogP contribution in [-0.2, 0) is 0 Å². The van der Waals surface area contributed by atoms with Crippen molar-refractivity contribution >= 4 is 44.0 Å². The van der Waals surface area contributed by atoms with Crippen LogP contribution in [0.4, 0.5) is 0 Å². The topological polar surface area (TPSA) is 61.7 Å². The van der Waals surface area contributed by atoms with Crippen LogP contribution in [0.5, 0.6) is 5.75 Å². The summed E-state index contributed by atoms with van der Waals surface area (Å²) in [6, 6.07) is 10.7. The number of nitrogens with zero attached hydrogens (tertiary/aromatic N) is 1. The average molecular weight is 412 g/mol. The number of carbonyl (C=O) groups excluding carboxylic acids is 1. The SMILES string of the molecule is Cc1ccccc1C(=O)N/N=C/c1cc(Br)c(O)c(Br)c1. The van der Waals surface area contributed by atoms with Gasteiger partial charge in [-0.3, -0.25) is 4.79 Å². The lowest BCUT2D eigenvalue weighted by Gasteiger charge is -2.04. The smallest absolute Gasteiger partial charge is 0.271 e. The van der Waals surface area contributed by atoms with Crippen molar-refractivity contribution in [2.75, 3.05) is 0 Å². The molecule has 0 aliphatic heterocycles. The number of hydrogen-bond donors (Lipinski definition) is 2. The number of carbonyl (C=O) groups is 1. The van der Waals surface area contributed by atoms with Crippen LogP contribution in [0.25, 0.3) is 0 Å². The number of aryl methyl sites for hydroxylation is 1. The quantitative estimate of drug-likeness (QED) is 0.592. The van der Waals surface area contributed by atoms with Crippen molar-refractivity contribution in [1.29, 1.82) is 0 Å². The molecule has 0 radical (unpaired) electrons. The molecule has 0 unspecified atom stereocenters. The fraction of sp³-hybridized carbons (Fsp3) is 0.0667. The molecule has 0 aliphatic carbocycles. The van der Waals surface area contributed by atoms with Crippen LogP contribution in [0.3, 0.4) is 0 Å². The number of phenolic OH excluding ortho intramolecular Hbond substituents is 1. The predicted molar refractivity (Wildman–Crippen MR) is 89.7 cm³/mol. The largest absolute Gasteiger partial charge is 0.506 e. The Hall–Kier alpha value is -1.66. The van der Waals surface area contributed by atoms with E-state index in [0.29, 0.717) is 14.5 Å². The number of aromatic hydroxyl groups is 1. The van der Waals surface area contributed by atoms with Gasteiger partial charge in [0.25, 0.3) is 5.91 Å². The number of hydrazone groups is 1. The second-order valence-corrected chi connectivity index (χ2v) is 6.06. The number of rotatable bonds is 3. The summed E-state index contributed by atoms with van der Waals surface area (Å²) in [6.45, 7) is 1.87. The molecule has 0 spiro atoms. The van der Waals surface area contributed by atoms with Crippen LogP contribution >= 0.6 is 31.9 Å². The second kappa shape index (κ2) is 6.87. The van der Waals surface area contributed by atoms with Crippen LogP contribution in [0, 0.1) is 6.92 Å². The normalized spacial score (nSPS) is 10.8. The van der Waals surface area contributed by atoms with Gasteiger partial charge in [0.05, 0.1) is 15.2 Å². The second-order valence-electron chi connectivity index (χ2n) is 4.35. The Morgan fingerprint density at radius 1 is 1.24 bits per heavy atom. The molecule has 4 nitrogen and oxygen atoms in total. The maximum atomic E-state index is 12.0. The Bertz CT molecular complexity index is 692. The summed E-state index contributed by atoms with van der Waals surface area (Å²) in [7, 11) is 0. The summed E-state index contributed by atoms with van der Waals surface area (Å²) in [6.07, 6.45) is 1.51. The van der Waals surface area contributed by atoms with Gasteiger partial charge in [-0.15, -0.1) is 0 Å². The summed E-state index contributed by atoms with van der Waals surface area (Å²) < 4.78 is 1.09. The molecule has 0 heterocycles. The Balaban J connectivity index is 2.10. The molecule has 21 heavy (non-hydrogen) atoms. The van der Waals surface area contributed by atoms with Crippen molar-refractivity contribution in [2.45, 2.75) is 6.92 Å². The fourth-order valence-electron chi connectivity index (χ4n) is 1.71. The average Bonchev–Trinajstić information content (AvgIpc) is 2.45. The van der Waals surface area contributed by atoms with E-state index >= 15 is 0 Å². The molecule has 0 bridgehead atoms. The zero-order chi connectivity index (χ0) is 15.4. The third kappa shape index (κ3) is 3.92. The molecule has 2 aromatic carbocycles. The Kier molecular flexibility index (Phi) is 5.14. The molecule has 0 aliphatic rings. The number of benzene rings is 2. The van der Waals surface area contributed by atoms with Gasteiger partial charge < -0.3 is 5.11 Å². The molecule has 108 valence electrons. The van der Waals surface area contributed by atoms with E-state index in [-0.39, 0.29) is 11.7 Å². The number of amides is 1. The third-order valence-corrected chi connectivity index (χ3v) is 4.02. The minimum absolute atomic E-state index is 0.121. The Labute approximate surface area is 139 Å². The van der Waals surface area contributed by atoms with Gasteiger partial charge in [0.1, 0.15) is 5.75 Å². The first-order chi connectivity index (χ1) is 9.99. The van der Waals surface area contributed by atoms with E-state index in [1.54, 1.807) is 24.3 Å². The minimum atomic E-state index is -0.263. The van der Waals surface area contributed by atoms with Gasteiger partial charge in [-0.1, -0.05) is 18.2 Å². The van der Waals surface area contributed by atoms with Gasteiger partial charge in [0.2, 0.25) is 0 Å². The first-order valence-electron chi connectivity index (χ1n) is 6.06. The van der Waals surface area contributed by atoms with E-state index in [4.69, 9.17) is 0 Å². The Morgan fingerprint density at radius 3 is 2.48 bits per heavy atom. The predicted octanol–water partition coefficient (Wildman–Crippen LogP) is 3.99. The van der Waals surface area contributed by atoms with Gasteiger partial charge in [0.15, 0.2) is 0 Å². The molecule has 1 amide bonds. The van der Waals surface area contributed by atoms with E-state index in [1.807, 2.05) is 19.1 Å². The van der Waals surface area contributed by atoms with Gasteiger partial charge in [-0.25, -0.2) is 5.43 Å². The van der Waals surface area contributed by atoms with Crippen LogP contribution < -0.4 is 5.43 Å². The highest BCUT2D eigenvalue weighted by atomic mass is 79.9. The summed E-state index contributed by atoms with van der Waals surface area (Å²) >= 11 is 6.47. The van der Waals surface area contributed by atoms with Crippen LogP contribution in [0.15, 0.2) is 50.4 Å². The third-order valence-electron chi connectivity index (χ3n) is 2.81. The van der Waals surface area contributed by atoms with Crippen molar-refractivity contribution in [3.63, 3.8) is 0 Å². The van der Waals surface area contributed by atoms with E-state index in [2.05, 4.69) is 42.4 Å². The molecule has 0 fully saturated rings. The van der Waals surface area contributed by atoms with E-state index in [0.717, 1.165) is 11.1 Å². The van der Waals surface area contributed by atoms with Gasteiger partial charge in [-0.2, -0.15) is 5.10 Å². The highest BCUT2D eigenvalue weighted by Crippen LogP contribution is 2.32. The van der Waals surface area contributed by atoms with Crippen molar-refractivity contribution < 1.29 is 9.90 Å². The molecule has 0 aromatic heterocycles. The molecular formula is C15H12Br2N2O2. The highest BCUT2D eigenvalue weighted by Gasteiger charge is 2.07. The molecule has 2 aromatic rings. The first-order valence-corrected chi connectivity index (χ1v) is 7.64. The van der Waals surface area contributed by atoms with E-state index in [9.17, 15) is 9.90 Å². The summed E-state index contributed by atoms with van der Waals surface area (Å²) in [5, 5.41) is 13.5. The van der Waals surface area contributed by atoms with Crippen LogP contribution in [-0.4, -0.2) is 17.2 Å². The molecule has 0 saturated heterocycles. The Morgan fingerprint density at radius 2 is 1.86 bits per heavy atom. The van der Waals surface area contributed by atoms with Crippen LogP contribution in [0.1, 0.15) is 21.5 Å². The van der Waals surface area contributed by atoms with Crippen molar-refractivity contribution in [1.82, 2.24) is 5.43 Å². The molecule has 2 N–H and O–H groups in total. The van der Waals surface area contributed by atoms with Gasteiger partial charge in [0, 0.05) is 5.56 Å². The highest BCUT2D eigenvalue weighted by molar-refractivity contribution is 9.11. The van der Waals surface area contributed by atoms with Gasteiger partial charge in [-0.05, 0) is 68.1 Å². The number of nitrogens with one attached hydrogen (secondary N) is 1. The lowest BCUT2D eigenvalue weighted by Crippen LogP contribution is -2.18. The zero-order valence-corrected chi connectivity index (χ0v) is 14.3. The maximum Gasteiger partial charge on any atom is 0.271 e. The molecule has 0 saturated carbocycles.